The summed E-state index contributed by atoms with van der Waals surface area (Å²) in [6.45, 7) is 6.52. The molecule has 1 aliphatic rings. The van der Waals surface area contributed by atoms with Crippen molar-refractivity contribution in [3.05, 3.63) is 23.3 Å². The molecule has 13 heavy (non-hydrogen) atoms. The van der Waals surface area contributed by atoms with Gasteiger partial charge < -0.3 is 10.2 Å². The van der Waals surface area contributed by atoms with Gasteiger partial charge in [0.05, 0.1) is 0 Å². The fourth-order valence-corrected chi connectivity index (χ4v) is 1.49. The molecule has 0 fully saturated rings. The van der Waals surface area contributed by atoms with Crippen LogP contribution in [0.1, 0.15) is 33.6 Å². The van der Waals surface area contributed by atoms with E-state index in [1.807, 2.05) is 12.2 Å². The summed E-state index contributed by atoms with van der Waals surface area (Å²) < 4.78 is 0. The molecule has 0 atom stereocenters. The molecule has 0 amide bonds. The van der Waals surface area contributed by atoms with Crippen LogP contribution in [0.15, 0.2) is 23.3 Å². The van der Waals surface area contributed by atoms with Crippen molar-refractivity contribution in [3.63, 3.8) is 0 Å². The zero-order valence-electron chi connectivity index (χ0n) is 8.54. The van der Waals surface area contributed by atoms with Gasteiger partial charge in [-0.2, -0.15) is 0 Å². The molecule has 1 aliphatic carbocycles. The van der Waals surface area contributed by atoms with E-state index in [1.165, 1.54) is 5.57 Å². The topological polar surface area (TPSA) is 40.5 Å². The van der Waals surface area contributed by atoms with E-state index in [0.29, 0.717) is 5.57 Å². The summed E-state index contributed by atoms with van der Waals surface area (Å²) in [6.07, 6.45) is 4.26. The second-order valence-electron chi connectivity index (χ2n) is 4.56. The molecule has 0 saturated carbocycles. The Morgan fingerprint density at radius 3 is 2.08 bits per heavy atom. The lowest BCUT2D eigenvalue weighted by molar-refractivity contribution is -0.0105. The molecule has 74 valence electrons. The summed E-state index contributed by atoms with van der Waals surface area (Å²) in [5.74, 6) is 0. The summed E-state index contributed by atoms with van der Waals surface area (Å²) in [6, 6.07) is 0. The molecule has 0 saturated heterocycles. The monoisotopic (exact) mass is 182 g/mol. The fourth-order valence-electron chi connectivity index (χ4n) is 1.49. The molecule has 0 aliphatic heterocycles. The summed E-state index contributed by atoms with van der Waals surface area (Å²) >= 11 is 0. The van der Waals surface area contributed by atoms with Crippen molar-refractivity contribution in [1.29, 1.82) is 0 Å². The van der Waals surface area contributed by atoms with Crippen molar-refractivity contribution in [2.75, 3.05) is 0 Å². The Morgan fingerprint density at radius 1 is 1.15 bits per heavy atom. The van der Waals surface area contributed by atoms with Crippen molar-refractivity contribution >= 4 is 0 Å². The molecule has 2 N–H and O–H groups in total. The molecule has 0 radical (unpaired) electrons. The minimum atomic E-state index is -1.28. The molecule has 0 heterocycles. The Hall–Kier alpha value is -0.600. The van der Waals surface area contributed by atoms with Gasteiger partial charge in [0.15, 0.2) is 6.29 Å². The van der Waals surface area contributed by atoms with Gasteiger partial charge in [-0.3, -0.25) is 0 Å². The van der Waals surface area contributed by atoms with Crippen LogP contribution in [0, 0.1) is 5.41 Å². The lowest BCUT2D eigenvalue weighted by atomic mass is 9.80. The van der Waals surface area contributed by atoms with E-state index in [1.54, 1.807) is 0 Å². The first-order valence-electron chi connectivity index (χ1n) is 4.67. The first kappa shape index (κ1) is 10.5. The number of aliphatic hydroxyl groups excluding tert-OH is 1. The Morgan fingerprint density at radius 2 is 1.77 bits per heavy atom. The van der Waals surface area contributed by atoms with Gasteiger partial charge in [-0.1, -0.05) is 38.5 Å². The maximum atomic E-state index is 8.92. The standard InChI is InChI=1S/C11H18O2/c1-11(2,3)9-6-4-8(5-7-9)10(12)13/h4,6,10,12-13H,5,7H2,1-3H3. The van der Waals surface area contributed by atoms with Gasteiger partial charge in [0.25, 0.3) is 0 Å². The second kappa shape index (κ2) is 3.64. The zero-order chi connectivity index (χ0) is 10.1. The van der Waals surface area contributed by atoms with E-state index in [-0.39, 0.29) is 5.41 Å². The van der Waals surface area contributed by atoms with Crippen molar-refractivity contribution in [2.45, 2.75) is 39.9 Å². The maximum Gasteiger partial charge on any atom is 0.174 e. The minimum Gasteiger partial charge on any atom is -0.365 e. The molecule has 0 aromatic carbocycles. The molecule has 2 nitrogen and oxygen atoms in total. The highest BCUT2D eigenvalue weighted by Crippen LogP contribution is 2.33. The van der Waals surface area contributed by atoms with E-state index < -0.39 is 6.29 Å². The second-order valence-corrected chi connectivity index (χ2v) is 4.56. The summed E-state index contributed by atoms with van der Waals surface area (Å²) in [5.41, 5.74) is 2.28. The first-order chi connectivity index (χ1) is 5.91. The van der Waals surface area contributed by atoms with Gasteiger partial charge in [0.2, 0.25) is 0 Å². The van der Waals surface area contributed by atoms with Crippen LogP contribution in [0.4, 0.5) is 0 Å². The summed E-state index contributed by atoms with van der Waals surface area (Å²) in [4.78, 5) is 0. The lowest BCUT2D eigenvalue weighted by Crippen LogP contribution is -2.15. The number of rotatable bonds is 1. The molecular formula is C11H18O2. The SMILES string of the molecule is CC(C)(C)C1=CC=C(C(O)O)CC1. The highest BCUT2D eigenvalue weighted by Gasteiger charge is 2.20. The van der Waals surface area contributed by atoms with Gasteiger partial charge >= 0.3 is 0 Å². The number of allylic oxidation sites excluding steroid dienone is 3. The lowest BCUT2D eigenvalue weighted by Gasteiger charge is -2.26. The summed E-state index contributed by atoms with van der Waals surface area (Å²) in [5, 5.41) is 17.8. The quantitative estimate of drug-likeness (QED) is 0.609. The predicted octanol–water partition coefficient (Wildman–Crippen LogP) is 1.99. The van der Waals surface area contributed by atoms with Crippen molar-refractivity contribution in [3.8, 4) is 0 Å². The molecule has 0 spiro atoms. The summed E-state index contributed by atoms with van der Waals surface area (Å²) in [7, 11) is 0. The molecular weight excluding hydrogens is 164 g/mol. The van der Waals surface area contributed by atoms with Crippen LogP contribution in [0.3, 0.4) is 0 Å². The van der Waals surface area contributed by atoms with Gasteiger partial charge in [-0.25, -0.2) is 0 Å². The van der Waals surface area contributed by atoms with Gasteiger partial charge in [0.1, 0.15) is 0 Å². The Labute approximate surface area is 79.6 Å². The van der Waals surface area contributed by atoms with Gasteiger partial charge in [-0.15, -0.1) is 0 Å². The highest BCUT2D eigenvalue weighted by molar-refractivity contribution is 5.27. The molecule has 0 unspecified atom stereocenters. The average Bonchev–Trinajstić information content (AvgIpc) is 2.03. The van der Waals surface area contributed by atoms with Crippen LogP contribution in [0.2, 0.25) is 0 Å². The highest BCUT2D eigenvalue weighted by atomic mass is 16.5. The minimum absolute atomic E-state index is 0.197. The largest absolute Gasteiger partial charge is 0.365 e. The molecule has 1 rings (SSSR count). The third-order valence-corrected chi connectivity index (χ3v) is 2.48. The van der Waals surface area contributed by atoms with Crippen LogP contribution < -0.4 is 0 Å². The fraction of sp³-hybridized carbons (Fsp3) is 0.636. The van der Waals surface area contributed by atoms with E-state index in [2.05, 4.69) is 20.8 Å². The van der Waals surface area contributed by atoms with Crippen LogP contribution in [-0.4, -0.2) is 16.5 Å². The van der Waals surface area contributed by atoms with Crippen molar-refractivity contribution in [1.82, 2.24) is 0 Å². The number of hydrogen-bond donors (Lipinski definition) is 2. The van der Waals surface area contributed by atoms with Gasteiger partial charge in [-0.05, 0) is 23.8 Å². The Balaban J connectivity index is 2.77. The molecule has 0 bridgehead atoms. The number of aliphatic hydroxyl groups is 2. The molecule has 0 aromatic rings. The predicted molar refractivity (Wildman–Crippen MR) is 53.1 cm³/mol. The van der Waals surface area contributed by atoms with Crippen LogP contribution in [-0.2, 0) is 0 Å². The van der Waals surface area contributed by atoms with Gasteiger partial charge in [0, 0.05) is 0 Å². The third-order valence-electron chi connectivity index (χ3n) is 2.48. The average molecular weight is 182 g/mol. The maximum absolute atomic E-state index is 8.92. The molecule has 2 heteroatoms. The van der Waals surface area contributed by atoms with Crippen LogP contribution in [0.25, 0.3) is 0 Å². The van der Waals surface area contributed by atoms with Crippen molar-refractivity contribution in [2.24, 2.45) is 5.41 Å². The Kier molecular flexibility index (Phi) is 2.94. The number of hydrogen-bond acceptors (Lipinski definition) is 2. The zero-order valence-corrected chi connectivity index (χ0v) is 8.54. The van der Waals surface area contributed by atoms with E-state index >= 15 is 0 Å². The first-order valence-corrected chi connectivity index (χ1v) is 4.67. The third kappa shape index (κ3) is 2.68. The van der Waals surface area contributed by atoms with E-state index in [4.69, 9.17) is 10.2 Å². The van der Waals surface area contributed by atoms with Crippen LogP contribution in [0.5, 0.6) is 0 Å². The van der Waals surface area contributed by atoms with E-state index in [0.717, 1.165) is 12.8 Å². The molecule has 0 aromatic heterocycles. The Bertz CT molecular complexity index is 241. The van der Waals surface area contributed by atoms with Crippen LogP contribution >= 0.6 is 0 Å². The van der Waals surface area contributed by atoms with Crippen molar-refractivity contribution < 1.29 is 10.2 Å². The smallest absolute Gasteiger partial charge is 0.174 e. The van der Waals surface area contributed by atoms with E-state index in [9.17, 15) is 0 Å². The normalized spacial score (nSPS) is 18.6.